The number of rotatable bonds is 5. The molecule has 0 bridgehead atoms. The quantitative estimate of drug-likeness (QED) is 0.252. The molecule has 0 aliphatic rings. The third-order valence-electron chi connectivity index (χ3n) is 1.25. The summed E-state index contributed by atoms with van der Waals surface area (Å²) in [5.41, 5.74) is 0. The highest BCUT2D eigenvalue weighted by molar-refractivity contribution is 14.1. The van der Waals surface area contributed by atoms with E-state index in [0.29, 0.717) is 5.76 Å². The number of nitrogens with zero attached hydrogens (tertiary/aromatic N) is 1. The van der Waals surface area contributed by atoms with Crippen molar-refractivity contribution in [1.29, 1.82) is 5.26 Å². The molecule has 0 aromatic rings. The van der Waals surface area contributed by atoms with E-state index in [-0.39, 0.29) is 0 Å². The molecule has 0 heterocycles. The number of unbranched alkanes of at least 4 members (excludes halogenated alkanes) is 2. The summed E-state index contributed by atoms with van der Waals surface area (Å²) < 4.78 is 5.96. The zero-order valence-electron chi connectivity index (χ0n) is 6.64. The molecule has 3 heteroatoms. The molecule has 62 valence electrons. The number of halogens is 1. The third kappa shape index (κ3) is 6.17. The minimum atomic E-state index is 0.429. The van der Waals surface area contributed by atoms with Crippen LogP contribution in [0.4, 0.5) is 0 Å². The van der Waals surface area contributed by atoms with E-state index in [1.54, 1.807) is 0 Å². The van der Waals surface area contributed by atoms with E-state index in [2.05, 4.69) is 22.6 Å². The van der Waals surface area contributed by atoms with Gasteiger partial charge in [-0.05, 0) is 29.8 Å². The first-order valence-corrected chi connectivity index (χ1v) is 5.08. The van der Waals surface area contributed by atoms with Gasteiger partial charge < -0.3 is 4.74 Å². The van der Waals surface area contributed by atoms with Crippen molar-refractivity contribution in [3.63, 3.8) is 0 Å². The molecule has 0 aliphatic heterocycles. The Morgan fingerprint density at radius 2 is 2.36 bits per heavy atom. The van der Waals surface area contributed by atoms with E-state index in [1.165, 1.54) is 18.0 Å². The van der Waals surface area contributed by atoms with Gasteiger partial charge in [0, 0.05) is 0 Å². The second kappa shape index (κ2) is 7.86. The molecule has 2 nitrogen and oxygen atoms in total. The van der Waals surface area contributed by atoms with Crippen molar-refractivity contribution >= 4 is 22.6 Å². The molecule has 0 N–H and O–H groups in total. The molecule has 0 aromatic heterocycles. The second-order valence-corrected chi connectivity index (χ2v) is 3.15. The first-order valence-electron chi connectivity index (χ1n) is 3.55. The fraction of sp³-hybridized carbons (Fsp3) is 0.625. The maximum atomic E-state index is 8.44. The normalized spacial score (nSPS) is 10.8. The zero-order valence-corrected chi connectivity index (χ0v) is 8.80. The second-order valence-electron chi connectivity index (χ2n) is 2.07. The number of alkyl halides is 1. The van der Waals surface area contributed by atoms with Gasteiger partial charge in [0.2, 0.25) is 0 Å². The average molecular weight is 265 g/mol. The molecule has 0 unspecified atom stereocenters. The first kappa shape index (κ1) is 10.8. The summed E-state index contributed by atoms with van der Waals surface area (Å²) in [7, 11) is 1.52. The van der Waals surface area contributed by atoms with E-state index >= 15 is 0 Å². The summed E-state index contributed by atoms with van der Waals surface area (Å²) in [6.45, 7) is 0. The van der Waals surface area contributed by atoms with Gasteiger partial charge >= 0.3 is 0 Å². The van der Waals surface area contributed by atoms with Crippen LogP contribution in [0.1, 0.15) is 19.3 Å². The average Bonchev–Trinajstić information content (AvgIpc) is 2.05. The molecule has 0 atom stereocenters. The topological polar surface area (TPSA) is 33.0 Å². The van der Waals surface area contributed by atoms with Gasteiger partial charge in [-0.15, -0.1) is 0 Å². The largest absolute Gasteiger partial charge is 0.487 e. The lowest BCUT2D eigenvalue weighted by molar-refractivity contribution is 0.308. The summed E-state index contributed by atoms with van der Waals surface area (Å²) in [6, 6.07) is 1.97. The van der Waals surface area contributed by atoms with Crippen molar-refractivity contribution in [2.45, 2.75) is 19.3 Å². The van der Waals surface area contributed by atoms with Gasteiger partial charge in [-0.1, -0.05) is 22.6 Å². The maximum Gasteiger partial charge on any atom is 0.192 e. The number of nitriles is 1. The highest BCUT2D eigenvalue weighted by atomic mass is 127. The molecule has 0 radical (unpaired) electrons. The van der Waals surface area contributed by atoms with Crippen LogP contribution < -0.4 is 0 Å². The van der Waals surface area contributed by atoms with Gasteiger partial charge in [-0.3, -0.25) is 0 Å². The fourth-order valence-corrected chi connectivity index (χ4v) is 1.19. The van der Waals surface area contributed by atoms with Crippen molar-refractivity contribution in [1.82, 2.24) is 0 Å². The smallest absolute Gasteiger partial charge is 0.192 e. The highest BCUT2D eigenvalue weighted by Crippen LogP contribution is 2.02. The van der Waals surface area contributed by atoms with Crippen LogP contribution in [0.25, 0.3) is 0 Å². The van der Waals surface area contributed by atoms with Crippen LogP contribution in [0.2, 0.25) is 0 Å². The van der Waals surface area contributed by atoms with Crippen molar-refractivity contribution < 1.29 is 4.74 Å². The van der Waals surface area contributed by atoms with Gasteiger partial charge in [0.05, 0.1) is 7.11 Å². The molecular weight excluding hydrogens is 253 g/mol. The number of hydrogen-bond acceptors (Lipinski definition) is 2. The molecule has 0 rings (SSSR count). The van der Waals surface area contributed by atoms with Gasteiger partial charge in [0.25, 0.3) is 0 Å². The Labute approximate surface area is 81.4 Å². The number of hydrogen-bond donors (Lipinski definition) is 0. The molecular formula is C8H12INO. The fourth-order valence-electron chi connectivity index (χ4n) is 0.647. The van der Waals surface area contributed by atoms with Crippen molar-refractivity contribution in [3.8, 4) is 6.07 Å². The summed E-state index contributed by atoms with van der Waals surface area (Å²) >= 11 is 2.35. The Kier molecular flexibility index (Phi) is 7.69. The Bertz CT molecular complexity index is 160. The van der Waals surface area contributed by atoms with Crippen molar-refractivity contribution in [2.24, 2.45) is 0 Å². The molecule has 0 fully saturated rings. The van der Waals surface area contributed by atoms with Crippen LogP contribution in [0.3, 0.4) is 0 Å². The van der Waals surface area contributed by atoms with E-state index in [0.717, 1.165) is 12.8 Å². The summed E-state index contributed by atoms with van der Waals surface area (Å²) in [6.07, 6.45) is 5.13. The van der Waals surface area contributed by atoms with Crippen LogP contribution >= 0.6 is 22.6 Å². The number of ether oxygens (including phenoxy) is 1. The summed E-state index contributed by atoms with van der Waals surface area (Å²) in [5.74, 6) is 0.429. The van der Waals surface area contributed by atoms with E-state index < -0.39 is 0 Å². The van der Waals surface area contributed by atoms with Crippen LogP contribution in [0.15, 0.2) is 11.8 Å². The van der Waals surface area contributed by atoms with E-state index in [1.807, 2.05) is 12.1 Å². The molecule has 0 saturated heterocycles. The van der Waals surface area contributed by atoms with Crippen molar-refractivity contribution in [2.75, 3.05) is 11.5 Å². The summed E-state index contributed by atoms with van der Waals surface area (Å²) in [4.78, 5) is 0. The SMILES string of the molecule is CO/C(C#N)=C/CCCCI. The van der Waals surface area contributed by atoms with Crippen LogP contribution in [-0.2, 0) is 4.74 Å². The Morgan fingerprint density at radius 1 is 1.64 bits per heavy atom. The first-order chi connectivity index (χ1) is 5.35. The zero-order chi connectivity index (χ0) is 8.53. The molecule has 0 saturated carbocycles. The Morgan fingerprint density at radius 3 is 2.82 bits per heavy atom. The van der Waals surface area contributed by atoms with Gasteiger partial charge in [-0.25, -0.2) is 0 Å². The minimum Gasteiger partial charge on any atom is -0.487 e. The molecule has 0 aliphatic carbocycles. The Hall–Kier alpha value is -0.240. The monoisotopic (exact) mass is 265 g/mol. The van der Waals surface area contributed by atoms with Crippen LogP contribution in [-0.4, -0.2) is 11.5 Å². The number of methoxy groups -OCH3 is 1. The molecule has 0 aromatic carbocycles. The highest BCUT2D eigenvalue weighted by Gasteiger charge is 1.90. The molecule has 0 amide bonds. The van der Waals surface area contributed by atoms with E-state index in [4.69, 9.17) is 10.00 Å². The lowest BCUT2D eigenvalue weighted by Crippen LogP contribution is -1.82. The van der Waals surface area contributed by atoms with Crippen LogP contribution in [0, 0.1) is 11.3 Å². The predicted octanol–water partition coefficient (Wildman–Crippen LogP) is 2.65. The number of allylic oxidation sites excluding steroid dienone is 2. The minimum absolute atomic E-state index is 0.429. The van der Waals surface area contributed by atoms with Gasteiger partial charge in [0.1, 0.15) is 6.07 Å². The lowest BCUT2D eigenvalue weighted by atomic mass is 10.2. The molecule has 0 spiro atoms. The van der Waals surface area contributed by atoms with Crippen LogP contribution in [0.5, 0.6) is 0 Å². The van der Waals surface area contributed by atoms with Crippen molar-refractivity contribution in [3.05, 3.63) is 11.8 Å². The van der Waals surface area contributed by atoms with E-state index in [9.17, 15) is 0 Å². The standard InChI is InChI=1S/C8H12INO/c1-11-8(7-10)5-3-2-4-6-9/h5H,2-4,6H2,1H3/b8-5+. The third-order valence-corrected chi connectivity index (χ3v) is 2.01. The van der Waals surface area contributed by atoms with Gasteiger partial charge in [-0.2, -0.15) is 5.26 Å². The predicted molar refractivity (Wildman–Crippen MR) is 53.4 cm³/mol. The maximum absolute atomic E-state index is 8.44. The van der Waals surface area contributed by atoms with Gasteiger partial charge in [0.15, 0.2) is 5.76 Å². The molecule has 11 heavy (non-hydrogen) atoms. The Balaban J connectivity index is 3.47. The summed E-state index contributed by atoms with van der Waals surface area (Å²) in [5, 5.41) is 8.44. The lowest BCUT2D eigenvalue weighted by Gasteiger charge is -1.94.